The number of hydrogen-bond acceptors (Lipinski definition) is 17. The van der Waals surface area contributed by atoms with Crippen LogP contribution in [0.2, 0.25) is 0 Å². The molecular weight excluding hydrogens is 546 g/mol. The zero-order valence-electron chi connectivity index (χ0n) is 21.8. The highest BCUT2D eigenvalue weighted by Gasteiger charge is 2.54. The number of rotatable bonds is 13. The lowest BCUT2D eigenvalue weighted by Gasteiger charge is -2.48. The molecule has 3 heterocycles. The van der Waals surface area contributed by atoms with Crippen LogP contribution in [0.4, 0.5) is 0 Å². The van der Waals surface area contributed by atoms with Crippen molar-refractivity contribution in [2.45, 2.75) is 111 Å². The van der Waals surface area contributed by atoms with Crippen LogP contribution in [0.25, 0.3) is 0 Å². The number of hydrogen-bond donors (Lipinski definition) is 11. The maximum atomic E-state index is 10.8. The van der Waals surface area contributed by atoms with E-state index in [-0.39, 0.29) is 6.61 Å². The smallest absolute Gasteiger partial charge is 0.187 e. The van der Waals surface area contributed by atoms with Crippen LogP contribution >= 0.6 is 0 Å². The van der Waals surface area contributed by atoms with E-state index in [4.69, 9.17) is 34.2 Å². The molecular formula is C23H43NO16. The summed E-state index contributed by atoms with van der Waals surface area (Å²) >= 11 is 0. The fourth-order valence-corrected chi connectivity index (χ4v) is 4.76. The molecule has 3 fully saturated rings. The molecule has 0 saturated carbocycles. The highest BCUT2D eigenvalue weighted by molar-refractivity contribution is 4.96. The van der Waals surface area contributed by atoms with Gasteiger partial charge < -0.3 is 85.2 Å². The Labute approximate surface area is 230 Å². The monoisotopic (exact) mass is 589 g/mol. The zero-order valence-corrected chi connectivity index (χ0v) is 21.8. The SMILES string of the molecule is NCCCCCOC1OC(CO)C(O)C(O)C1OC1OC(CO)C(O)C(O)C1OC1OC(CO)C(O)C(O)C1O. The summed E-state index contributed by atoms with van der Waals surface area (Å²) < 4.78 is 33.7. The van der Waals surface area contributed by atoms with E-state index in [1.165, 1.54) is 0 Å². The topological polar surface area (TPSA) is 284 Å². The van der Waals surface area contributed by atoms with Crippen LogP contribution in [0.5, 0.6) is 0 Å². The fraction of sp³-hybridized carbons (Fsp3) is 1.00. The molecule has 17 heteroatoms. The summed E-state index contributed by atoms with van der Waals surface area (Å²) in [6, 6.07) is 0. The fourth-order valence-electron chi connectivity index (χ4n) is 4.76. The molecule has 0 aliphatic carbocycles. The number of nitrogens with two attached hydrogens (primary N) is 1. The van der Waals surface area contributed by atoms with Gasteiger partial charge >= 0.3 is 0 Å². The maximum Gasteiger partial charge on any atom is 0.187 e. The minimum atomic E-state index is -1.88. The molecule has 15 unspecified atom stereocenters. The molecule has 3 aliphatic heterocycles. The van der Waals surface area contributed by atoms with Gasteiger partial charge in [0.05, 0.1) is 19.8 Å². The van der Waals surface area contributed by atoms with Crippen molar-refractivity contribution < 1.29 is 79.5 Å². The first-order valence-electron chi connectivity index (χ1n) is 13.3. The van der Waals surface area contributed by atoms with Crippen LogP contribution in [0, 0.1) is 0 Å². The van der Waals surface area contributed by atoms with Crippen LogP contribution < -0.4 is 5.73 Å². The van der Waals surface area contributed by atoms with Gasteiger partial charge in [0.1, 0.15) is 73.2 Å². The second kappa shape index (κ2) is 15.7. The van der Waals surface area contributed by atoms with E-state index < -0.39 is 112 Å². The van der Waals surface area contributed by atoms with E-state index in [1.807, 2.05) is 0 Å². The number of ether oxygens (including phenoxy) is 6. The molecule has 12 N–H and O–H groups in total. The lowest BCUT2D eigenvalue weighted by atomic mass is 9.96. The largest absolute Gasteiger partial charge is 0.394 e. The lowest BCUT2D eigenvalue weighted by molar-refractivity contribution is -0.393. The highest BCUT2D eigenvalue weighted by Crippen LogP contribution is 2.33. The molecule has 40 heavy (non-hydrogen) atoms. The zero-order chi connectivity index (χ0) is 29.6. The van der Waals surface area contributed by atoms with Crippen molar-refractivity contribution in [3.8, 4) is 0 Å². The summed E-state index contributed by atoms with van der Waals surface area (Å²) in [6.45, 7) is -1.58. The van der Waals surface area contributed by atoms with Gasteiger partial charge in [-0.15, -0.1) is 0 Å². The van der Waals surface area contributed by atoms with E-state index in [1.54, 1.807) is 0 Å². The number of unbranched alkanes of at least 4 members (excludes halogenated alkanes) is 2. The van der Waals surface area contributed by atoms with Crippen molar-refractivity contribution in [1.82, 2.24) is 0 Å². The van der Waals surface area contributed by atoms with E-state index in [2.05, 4.69) is 0 Å². The van der Waals surface area contributed by atoms with Gasteiger partial charge in [-0.2, -0.15) is 0 Å². The molecule has 0 aromatic carbocycles. The maximum absolute atomic E-state index is 10.8. The summed E-state index contributed by atoms with van der Waals surface area (Å²) in [4.78, 5) is 0. The predicted octanol–water partition coefficient (Wildman–Crippen LogP) is -6.42. The first-order chi connectivity index (χ1) is 19.1. The first-order valence-corrected chi connectivity index (χ1v) is 13.3. The third kappa shape index (κ3) is 7.63. The van der Waals surface area contributed by atoms with Crippen molar-refractivity contribution in [3.63, 3.8) is 0 Å². The second-order valence-electron chi connectivity index (χ2n) is 10.0. The minimum absolute atomic E-state index is 0.127. The Morgan fingerprint density at radius 1 is 0.500 bits per heavy atom. The van der Waals surface area contributed by atoms with Crippen LogP contribution in [-0.2, 0) is 28.4 Å². The molecule has 236 valence electrons. The molecule has 0 bridgehead atoms. The normalized spacial score (nSPS) is 46.4. The van der Waals surface area contributed by atoms with E-state index in [9.17, 15) is 51.1 Å². The van der Waals surface area contributed by atoms with Gasteiger partial charge in [-0.25, -0.2) is 0 Å². The Hall–Kier alpha value is -0.680. The highest BCUT2D eigenvalue weighted by atomic mass is 16.8. The van der Waals surface area contributed by atoms with Gasteiger partial charge in [0, 0.05) is 6.61 Å². The van der Waals surface area contributed by atoms with E-state index >= 15 is 0 Å². The first kappa shape index (κ1) is 33.8. The van der Waals surface area contributed by atoms with Crippen LogP contribution in [0.1, 0.15) is 19.3 Å². The molecule has 3 saturated heterocycles. The van der Waals surface area contributed by atoms with Crippen LogP contribution in [0.15, 0.2) is 0 Å². The summed E-state index contributed by atoms with van der Waals surface area (Å²) in [5.74, 6) is 0. The Morgan fingerprint density at radius 2 is 0.950 bits per heavy atom. The molecule has 0 spiro atoms. The lowest BCUT2D eigenvalue weighted by Crippen LogP contribution is -2.67. The molecule has 17 nitrogen and oxygen atoms in total. The van der Waals surface area contributed by atoms with Crippen molar-refractivity contribution in [3.05, 3.63) is 0 Å². The quantitative estimate of drug-likeness (QED) is 0.0890. The van der Waals surface area contributed by atoms with Crippen molar-refractivity contribution >= 4 is 0 Å². The van der Waals surface area contributed by atoms with Crippen molar-refractivity contribution in [2.75, 3.05) is 33.0 Å². The third-order valence-electron chi connectivity index (χ3n) is 7.21. The second-order valence-corrected chi connectivity index (χ2v) is 10.0. The average Bonchev–Trinajstić information content (AvgIpc) is 2.95. The van der Waals surface area contributed by atoms with Gasteiger partial charge in [-0.05, 0) is 25.8 Å². The van der Waals surface area contributed by atoms with Crippen LogP contribution in [-0.4, -0.2) is 176 Å². The Kier molecular flexibility index (Phi) is 13.3. The number of aliphatic hydroxyl groups is 10. The molecule has 3 aliphatic rings. The van der Waals surface area contributed by atoms with Gasteiger partial charge in [0.15, 0.2) is 18.9 Å². The molecule has 15 atom stereocenters. The van der Waals surface area contributed by atoms with Crippen LogP contribution in [0.3, 0.4) is 0 Å². The molecule has 0 amide bonds. The third-order valence-corrected chi connectivity index (χ3v) is 7.21. The predicted molar refractivity (Wildman–Crippen MR) is 128 cm³/mol. The summed E-state index contributed by atoms with van der Waals surface area (Å²) in [5.41, 5.74) is 5.49. The van der Waals surface area contributed by atoms with Crippen molar-refractivity contribution in [1.29, 1.82) is 0 Å². The standard InChI is InChI=1S/C23H43NO16/c24-4-2-1-3-5-35-22-19(16(32)13(29)10(7-26)37-22)40-23-20(17(33)14(30)11(8-27)38-23)39-21-18(34)15(31)12(28)9(6-25)36-21/h9-23,25-34H,1-8,24H2. The van der Waals surface area contributed by atoms with Gasteiger partial charge in [-0.1, -0.05) is 0 Å². The Balaban J connectivity index is 1.82. The average molecular weight is 590 g/mol. The summed E-state index contributed by atoms with van der Waals surface area (Å²) in [5, 5.41) is 102. The summed E-state index contributed by atoms with van der Waals surface area (Å²) in [6.07, 6.45) is -22.4. The van der Waals surface area contributed by atoms with Crippen molar-refractivity contribution in [2.24, 2.45) is 5.73 Å². The van der Waals surface area contributed by atoms with Gasteiger partial charge in [-0.3, -0.25) is 0 Å². The van der Waals surface area contributed by atoms with E-state index in [0.29, 0.717) is 13.0 Å². The number of aliphatic hydroxyl groups excluding tert-OH is 10. The van der Waals surface area contributed by atoms with Gasteiger partial charge in [0.25, 0.3) is 0 Å². The molecule has 3 rings (SSSR count). The Morgan fingerprint density at radius 3 is 1.48 bits per heavy atom. The molecule has 0 aromatic heterocycles. The summed E-state index contributed by atoms with van der Waals surface area (Å²) in [7, 11) is 0. The van der Waals surface area contributed by atoms with Gasteiger partial charge in [0.2, 0.25) is 0 Å². The van der Waals surface area contributed by atoms with E-state index in [0.717, 1.165) is 12.8 Å². The Bertz CT molecular complexity index is 737. The molecule has 0 aromatic rings. The minimum Gasteiger partial charge on any atom is -0.394 e. The molecule has 0 radical (unpaired) electrons.